The Morgan fingerprint density at radius 2 is 1.60 bits per heavy atom. The van der Waals surface area contributed by atoms with Gasteiger partial charge in [-0.25, -0.2) is 4.98 Å². The molecular weight excluding hydrogens is 378 g/mol. The molecule has 0 aliphatic carbocycles. The molecule has 4 rings (SSSR count). The minimum Gasteiger partial charge on any atom is -0.368 e. The maximum atomic E-state index is 5.93. The van der Waals surface area contributed by atoms with E-state index in [9.17, 15) is 0 Å². The monoisotopic (exact) mass is 397 g/mol. The van der Waals surface area contributed by atoms with Gasteiger partial charge >= 0.3 is 0 Å². The molecule has 0 radical (unpaired) electrons. The lowest BCUT2D eigenvalue weighted by Crippen LogP contribution is -2.47. The fourth-order valence-electron chi connectivity index (χ4n) is 3.28. The van der Waals surface area contributed by atoms with Gasteiger partial charge in [-0.15, -0.1) is 0 Å². The molecule has 0 amide bonds. The number of rotatable bonds is 2. The Balaban J connectivity index is 1.59. The summed E-state index contributed by atoms with van der Waals surface area (Å²) in [4.78, 5) is 13.6. The molecule has 2 heterocycles. The summed E-state index contributed by atoms with van der Waals surface area (Å²) in [6.07, 6.45) is 0. The van der Waals surface area contributed by atoms with Crippen LogP contribution < -0.4 is 15.5 Å². The summed E-state index contributed by atoms with van der Waals surface area (Å²) in [5.41, 5.74) is 9.38. The van der Waals surface area contributed by atoms with E-state index in [2.05, 4.69) is 73.0 Å². The maximum Gasteiger partial charge on any atom is 0.222 e. The van der Waals surface area contributed by atoms with E-state index in [0.717, 1.165) is 47.4 Å². The third-order valence-corrected chi connectivity index (χ3v) is 5.13. The molecule has 0 unspecified atom stereocenters. The highest BCUT2D eigenvalue weighted by molar-refractivity contribution is 9.10. The Morgan fingerprint density at radius 3 is 2.32 bits per heavy atom. The number of fused-ring (bicyclic) bond motifs is 1. The van der Waals surface area contributed by atoms with Gasteiger partial charge in [0.05, 0.1) is 5.52 Å². The van der Waals surface area contributed by atoms with Gasteiger partial charge in [0.1, 0.15) is 5.82 Å². The summed E-state index contributed by atoms with van der Waals surface area (Å²) in [7, 11) is 0. The standard InChI is InChI=1S/C19H20BrN5/c1-13-2-5-15(6-3-13)24-8-10-25(11-9-24)18-16-12-14(20)4-7-17(16)22-19(21)23-18/h2-7,12H,8-11H2,1H3,(H2,21,22,23). The Kier molecular flexibility index (Phi) is 4.21. The van der Waals surface area contributed by atoms with Gasteiger partial charge in [-0.1, -0.05) is 33.6 Å². The molecule has 25 heavy (non-hydrogen) atoms. The van der Waals surface area contributed by atoms with Crippen molar-refractivity contribution in [3.8, 4) is 0 Å². The highest BCUT2D eigenvalue weighted by Crippen LogP contribution is 2.29. The summed E-state index contributed by atoms with van der Waals surface area (Å²) >= 11 is 3.54. The molecule has 3 aromatic rings. The fourth-order valence-corrected chi connectivity index (χ4v) is 3.64. The average Bonchev–Trinajstić information content (AvgIpc) is 2.62. The van der Waals surface area contributed by atoms with E-state index in [1.54, 1.807) is 0 Å². The van der Waals surface area contributed by atoms with Crippen LogP contribution in [0.25, 0.3) is 10.9 Å². The summed E-state index contributed by atoms with van der Waals surface area (Å²) < 4.78 is 1.02. The molecule has 1 fully saturated rings. The van der Waals surface area contributed by atoms with Crippen LogP contribution in [0, 0.1) is 6.92 Å². The van der Waals surface area contributed by atoms with Crippen molar-refractivity contribution in [2.24, 2.45) is 0 Å². The van der Waals surface area contributed by atoms with Crippen LogP contribution in [0.3, 0.4) is 0 Å². The summed E-state index contributed by atoms with van der Waals surface area (Å²) in [6.45, 7) is 5.85. The van der Waals surface area contributed by atoms with Crippen molar-refractivity contribution in [2.45, 2.75) is 6.92 Å². The molecule has 6 heteroatoms. The zero-order valence-corrected chi connectivity index (χ0v) is 15.7. The Labute approximate surface area is 155 Å². The van der Waals surface area contributed by atoms with Gasteiger partial charge in [0.15, 0.2) is 0 Å². The van der Waals surface area contributed by atoms with Gasteiger partial charge in [-0.05, 0) is 37.3 Å². The van der Waals surface area contributed by atoms with E-state index in [-0.39, 0.29) is 0 Å². The van der Waals surface area contributed by atoms with Gasteiger partial charge < -0.3 is 15.5 Å². The zero-order valence-electron chi connectivity index (χ0n) is 14.1. The number of anilines is 3. The molecule has 0 bridgehead atoms. The molecule has 0 saturated carbocycles. The van der Waals surface area contributed by atoms with E-state index < -0.39 is 0 Å². The second kappa shape index (κ2) is 6.52. The van der Waals surface area contributed by atoms with Crippen molar-refractivity contribution in [3.63, 3.8) is 0 Å². The van der Waals surface area contributed by atoms with Crippen LogP contribution in [-0.4, -0.2) is 36.1 Å². The first-order chi connectivity index (χ1) is 12.1. The van der Waals surface area contributed by atoms with Crippen LogP contribution >= 0.6 is 15.9 Å². The number of nitrogen functional groups attached to an aromatic ring is 1. The Bertz CT molecular complexity index is 902. The normalized spacial score (nSPS) is 15.0. The van der Waals surface area contributed by atoms with Gasteiger partial charge in [0.25, 0.3) is 0 Å². The van der Waals surface area contributed by atoms with Crippen LogP contribution in [-0.2, 0) is 0 Å². The quantitative estimate of drug-likeness (QED) is 0.715. The predicted octanol–water partition coefficient (Wildman–Crippen LogP) is 3.61. The minimum atomic E-state index is 0.325. The number of nitrogens with zero attached hydrogens (tertiary/aromatic N) is 4. The van der Waals surface area contributed by atoms with Crippen LogP contribution in [0.2, 0.25) is 0 Å². The molecule has 1 saturated heterocycles. The molecule has 2 N–H and O–H groups in total. The van der Waals surface area contributed by atoms with E-state index in [1.165, 1.54) is 11.3 Å². The molecule has 0 spiro atoms. The highest BCUT2D eigenvalue weighted by atomic mass is 79.9. The predicted molar refractivity (Wildman–Crippen MR) is 107 cm³/mol. The Morgan fingerprint density at radius 1 is 0.920 bits per heavy atom. The smallest absolute Gasteiger partial charge is 0.222 e. The van der Waals surface area contributed by atoms with Crippen LogP contribution in [0.5, 0.6) is 0 Å². The van der Waals surface area contributed by atoms with E-state index in [1.807, 2.05) is 12.1 Å². The van der Waals surface area contributed by atoms with Crippen molar-refractivity contribution in [3.05, 3.63) is 52.5 Å². The van der Waals surface area contributed by atoms with E-state index in [0.29, 0.717) is 5.95 Å². The van der Waals surface area contributed by atoms with Crippen molar-refractivity contribution in [1.29, 1.82) is 0 Å². The summed E-state index contributed by atoms with van der Waals surface area (Å²) in [5, 5.41) is 1.03. The molecular formula is C19H20BrN5. The number of nitrogens with two attached hydrogens (primary N) is 1. The number of aryl methyl sites for hydroxylation is 1. The second-order valence-electron chi connectivity index (χ2n) is 6.38. The number of halogens is 1. The molecule has 128 valence electrons. The van der Waals surface area contributed by atoms with Gasteiger partial charge in [-0.2, -0.15) is 4.98 Å². The molecule has 0 atom stereocenters. The third kappa shape index (κ3) is 3.26. The second-order valence-corrected chi connectivity index (χ2v) is 7.29. The average molecular weight is 398 g/mol. The zero-order chi connectivity index (χ0) is 17.4. The molecule has 1 aliphatic rings. The lowest BCUT2D eigenvalue weighted by Gasteiger charge is -2.37. The fraction of sp³-hybridized carbons (Fsp3) is 0.263. The number of benzene rings is 2. The topological polar surface area (TPSA) is 58.3 Å². The van der Waals surface area contributed by atoms with Crippen molar-refractivity contribution >= 4 is 44.3 Å². The first-order valence-electron chi connectivity index (χ1n) is 8.39. The Hall–Kier alpha value is -2.34. The molecule has 1 aliphatic heterocycles. The lowest BCUT2D eigenvalue weighted by molar-refractivity contribution is 0.649. The van der Waals surface area contributed by atoms with E-state index >= 15 is 0 Å². The van der Waals surface area contributed by atoms with Gasteiger partial charge in [0.2, 0.25) is 5.95 Å². The number of aromatic nitrogens is 2. The minimum absolute atomic E-state index is 0.325. The van der Waals surface area contributed by atoms with Crippen molar-refractivity contribution < 1.29 is 0 Å². The van der Waals surface area contributed by atoms with E-state index in [4.69, 9.17) is 5.73 Å². The van der Waals surface area contributed by atoms with Gasteiger partial charge in [0, 0.05) is 41.7 Å². The van der Waals surface area contributed by atoms with Gasteiger partial charge in [-0.3, -0.25) is 0 Å². The van der Waals surface area contributed by atoms with Crippen LogP contribution in [0.1, 0.15) is 5.56 Å². The SMILES string of the molecule is Cc1ccc(N2CCN(c3nc(N)nc4ccc(Br)cc34)CC2)cc1. The molecule has 2 aromatic carbocycles. The molecule has 5 nitrogen and oxygen atoms in total. The first-order valence-corrected chi connectivity index (χ1v) is 9.19. The van der Waals surface area contributed by atoms with Crippen LogP contribution in [0.15, 0.2) is 46.9 Å². The largest absolute Gasteiger partial charge is 0.368 e. The first kappa shape index (κ1) is 16.1. The third-order valence-electron chi connectivity index (χ3n) is 4.63. The number of hydrogen-bond acceptors (Lipinski definition) is 5. The summed E-state index contributed by atoms with van der Waals surface area (Å²) in [5.74, 6) is 1.25. The summed E-state index contributed by atoms with van der Waals surface area (Å²) in [6, 6.07) is 14.7. The van der Waals surface area contributed by atoms with Crippen molar-refractivity contribution in [1.82, 2.24) is 9.97 Å². The highest BCUT2D eigenvalue weighted by Gasteiger charge is 2.21. The van der Waals surface area contributed by atoms with Crippen molar-refractivity contribution in [2.75, 3.05) is 41.7 Å². The number of piperazine rings is 1. The maximum absolute atomic E-state index is 5.93. The molecule has 1 aromatic heterocycles. The number of hydrogen-bond donors (Lipinski definition) is 1. The van der Waals surface area contributed by atoms with Crippen LogP contribution in [0.4, 0.5) is 17.5 Å². The lowest BCUT2D eigenvalue weighted by atomic mass is 10.2.